The van der Waals surface area contributed by atoms with E-state index in [0.717, 1.165) is 22.4 Å². The number of carboxylic acid groups (broad SMARTS) is 1. The summed E-state index contributed by atoms with van der Waals surface area (Å²) in [6, 6.07) is 17.9. The molecule has 0 spiro atoms. The number of furan rings is 1. The summed E-state index contributed by atoms with van der Waals surface area (Å²) in [6.45, 7) is 0. The van der Waals surface area contributed by atoms with Gasteiger partial charge in [-0.25, -0.2) is 4.79 Å². The van der Waals surface area contributed by atoms with Crippen LogP contribution in [0.5, 0.6) is 17.2 Å². The minimum atomic E-state index is -0.994. The summed E-state index contributed by atoms with van der Waals surface area (Å²) >= 11 is 0. The van der Waals surface area contributed by atoms with Gasteiger partial charge in [0.05, 0.1) is 26.9 Å². The third-order valence-electron chi connectivity index (χ3n) is 5.14. The van der Waals surface area contributed by atoms with Gasteiger partial charge in [0, 0.05) is 22.6 Å². The van der Waals surface area contributed by atoms with Crippen molar-refractivity contribution in [2.75, 3.05) is 21.3 Å². The molecule has 1 aromatic heterocycles. The summed E-state index contributed by atoms with van der Waals surface area (Å²) < 4.78 is 22.1. The molecule has 0 saturated carbocycles. The maximum Gasteiger partial charge on any atom is 0.335 e. The fourth-order valence-corrected chi connectivity index (χ4v) is 3.48. The number of benzene rings is 3. The van der Waals surface area contributed by atoms with E-state index in [2.05, 4.69) is 0 Å². The van der Waals surface area contributed by atoms with Crippen LogP contribution >= 0.6 is 0 Å². The molecule has 3 aromatic carbocycles. The second kappa shape index (κ2) is 8.89. The summed E-state index contributed by atoms with van der Waals surface area (Å²) in [7, 11) is 4.81. The van der Waals surface area contributed by atoms with Crippen molar-refractivity contribution in [1.82, 2.24) is 0 Å². The average molecular weight is 430 g/mol. The predicted octanol–water partition coefficient (Wildman–Crippen LogP) is 5.99. The fourth-order valence-electron chi connectivity index (χ4n) is 3.48. The second-order valence-corrected chi connectivity index (χ2v) is 7.07. The van der Waals surface area contributed by atoms with Crippen LogP contribution in [-0.2, 0) is 0 Å². The largest absolute Gasteiger partial charge is 0.497 e. The summed E-state index contributed by atoms with van der Waals surface area (Å²) in [5.74, 6) is 1.72. The van der Waals surface area contributed by atoms with Gasteiger partial charge in [0.15, 0.2) is 0 Å². The minimum absolute atomic E-state index is 0.192. The highest BCUT2D eigenvalue weighted by molar-refractivity contribution is 6.00. The van der Waals surface area contributed by atoms with Gasteiger partial charge in [-0.1, -0.05) is 6.08 Å². The van der Waals surface area contributed by atoms with Gasteiger partial charge < -0.3 is 23.7 Å². The second-order valence-electron chi connectivity index (χ2n) is 7.07. The molecule has 6 heteroatoms. The fraction of sp³-hybridized carbons (Fsp3) is 0.115. The smallest absolute Gasteiger partial charge is 0.335 e. The van der Waals surface area contributed by atoms with E-state index in [0.29, 0.717) is 28.2 Å². The molecule has 1 heterocycles. The standard InChI is InChI=1S/C26H22O6/c1-29-19-8-5-17(6-9-19)25-22(23-14-18(26(27)28)7-11-24(23)32-25)10-4-16-12-20(30-2)15-21(13-16)31-3/h4-15H,1-3H3,(H,27,28). The van der Waals surface area contributed by atoms with E-state index in [1.807, 2.05) is 48.6 Å². The van der Waals surface area contributed by atoms with Gasteiger partial charge in [0.1, 0.15) is 28.6 Å². The van der Waals surface area contributed by atoms with Crippen LogP contribution in [0.1, 0.15) is 21.5 Å². The zero-order valence-corrected chi connectivity index (χ0v) is 17.9. The SMILES string of the molecule is COc1ccc(-c2oc3ccc(C(=O)O)cc3c2C=Cc2cc(OC)cc(OC)c2)cc1. The lowest BCUT2D eigenvalue weighted by molar-refractivity contribution is 0.0697. The lowest BCUT2D eigenvalue weighted by Crippen LogP contribution is -1.94. The van der Waals surface area contributed by atoms with Crippen molar-refractivity contribution < 1.29 is 28.5 Å². The minimum Gasteiger partial charge on any atom is -0.497 e. The Kier molecular flexibility index (Phi) is 5.85. The van der Waals surface area contributed by atoms with Crippen LogP contribution in [0.3, 0.4) is 0 Å². The number of hydrogen-bond donors (Lipinski definition) is 1. The van der Waals surface area contributed by atoms with E-state index in [1.165, 1.54) is 6.07 Å². The van der Waals surface area contributed by atoms with Crippen molar-refractivity contribution in [3.63, 3.8) is 0 Å². The summed E-state index contributed by atoms with van der Waals surface area (Å²) in [5.41, 5.74) is 3.28. The van der Waals surface area contributed by atoms with Crippen molar-refractivity contribution in [3.8, 4) is 28.6 Å². The summed E-state index contributed by atoms with van der Waals surface area (Å²) in [5, 5.41) is 10.2. The Balaban J connectivity index is 1.87. The van der Waals surface area contributed by atoms with Crippen molar-refractivity contribution in [2.45, 2.75) is 0 Å². The topological polar surface area (TPSA) is 78.1 Å². The molecule has 32 heavy (non-hydrogen) atoms. The monoisotopic (exact) mass is 430 g/mol. The normalized spacial score (nSPS) is 11.1. The van der Waals surface area contributed by atoms with E-state index in [9.17, 15) is 9.90 Å². The zero-order chi connectivity index (χ0) is 22.7. The first-order chi connectivity index (χ1) is 15.5. The molecule has 1 N–H and O–H groups in total. The van der Waals surface area contributed by atoms with Crippen molar-refractivity contribution in [3.05, 3.63) is 77.4 Å². The first kappa shape index (κ1) is 21.1. The van der Waals surface area contributed by atoms with E-state index >= 15 is 0 Å². The first-order valence-electron chi connectivity index (χ1n) is 9.88. The Hall–Kier alpha value is -4.19. The van der Waals surface area contributed by atoms with E-state index < -0.39 is 5.97 Å². The molecule has 0 fully saturated rings. The zero-order valence-electron chi connectivity index (χ0n) is 17.9. The van der Waals surface area contributed by atoms with E-state index in [4.69, 9.17) is 18.6 Å². The molecule has 0 atom stereocenters. The van der Waals surface area contributed by atoms with Crippen molar-refractivity contribution in [2.24, 2.45) is 0 Å². The highest BCUT2D eigenvalue weighted by Gasteiger charge is 2.16. The number of carboxylic acids is 1. The highest BCUT2D eigenvalue weighted by Crippen LogP contribution is 2.36. The number of aromatic carboxylic acids is 1. The van der Waals surface area contributed by atoms with Gasteiger partial charge in [-0.15, -0.1) is 0 Å². The Morgan fingerprint density at radius 3 is 2.06 bits per heavy atom. The van der Waals surface area contributed by atoms with Crippen LogP contribution in [0.4, 0.5) is 0 Å². The Morgan fingerprint density at radius 2 is 1.47 bits per heavy atom. The molecule has 0 radical (unpaired) electrons. The summed E-state index contributed by atoms with van der Waals surface area (Å²) in [4.78, 5) is 11.5. The molecule has 0 bridgehead atoms. The molecule has 0 aliphatic heterocycles. The molecule has 4 aromatic rings. The van der Waals surface area contributed by atoms with Gasteiger partial charge in [0.2, 0.25) is 0 Å². The van der Waals surface area contributed by atoms with Gasteiger partial charge in [-0.3, -0.25) is 0 Å². The Labute approximate surface area is 185 Å². The van der Waals surface area contributed by atoms with Gasteiger partial charge >= 0.3 is 5.97 Å². The number of carbonyl (C=O) groups is 1. The molecular formula is C26H22O6. The maximum atomic E-state index is 11.5. The molecule has 0 aliphatic rings. The van der Waals surface area contributed by atoms with Gasteiger partial charge in [0.25, 0.3) is 0 Å². The predicted molar refractivity (Wildman–Crippen MR) is 124 cm³/mol. The average Bonchev–Trinajstić information content (AvgIpc) is 3.20. The van der Waals surface area contributed by atoms with Crippen molar-refractivity contribution in [1.29, 1.82) is 0 Å². The van der Waals surface area contributed by atoms with Crippen molar-refractivity contribution >= 4 is 29.1 Å². The maximum absolute atomic E-state index is 11.5. The van der Waals surface area contributed by atoms with Crippen LogP contribution < -0.4 is 14.2 Å². The number of rotatable bonds is 7. The molecular weight excluding hydrogens is 408 g/mol. The molecule has 6 nitrogen and oxygen atoms in total. The van der Waals surface area contributed by atoms with E-state index in [-0.39, 0.29) is 5.56 Å². The third kappa shape index (κ3) is 4.16. The quantitative estimate of drug-likeness (QED) is 0.388. The van der Waals surface area contributed by atoms with Crippen LogP contribution in [0, 0.1) is 0 Å². The molecule has 0 aliphatic carbocycles. The number of fused-ring (bicyclic) bond motifs is 1. The molecule has 162 valence electrons. The van der Waals surface area contributed by atoms with Gasteiger partial charge in [-0.05, 0) is 66.2 Å². The van der Waals surface area contributed by atoms with Crippen LogP contribution in [0.2, 0.25) is 0 Å². The lowest BCUT2D eigenvalue weighted by atomic mass is 10.0. The molecule has 0 saturated heterocycles. The number of ether oxygens (including phenoxy) is 3. The Morgan fingerprint density at radius 1 is 0.812 bits per heavy atom. The highest BCUT2D eigenvalue weighted by atomic mass is 16.5. The Bertz CT molecular complexity index is 1280. The van der Waals surface area contributed by atoms with Gasteiger partial charge in [-0.2, -0.15) is 0 Å². The molecule has 4 rings (SSSR count). The molecule has 0 unspecified atom stereocenters. The van der Waals surface area contributed by atoms with Crippen LogP contribution in [0.15, 0.2) is 65.1 Å². The number of hydrogen-bond acceptors (Lipinski definition) is 5. The summed E-state index contributed by atoms with van der Waals surface area (Å²) in [6.07, 6.45) is 3.82. The lowest BCUT2D eigenvalue weighted by Gasteiger charge is -2.06. The third-order valence-corrected chi connectivity index (χ3v) is 5.14. The van der Waals surface area contributed by atoms with E-state index in [1.54, 1.807) is 39.5 Å². The van der Waals surface area contributed by atoms with Crippen LogP contribution in [0.25, 0.3) is 34.4 Å². The molecule has 0 amide bonds. The van der Waals surface area contributed by atoms with Crippen LogP contribution in [-0.4, -0.2) is 32.4 Å². The number of methoxy groups -OCH3 is 3. The first-order valence-corrected chi connectivity index (χ1v) is 9.88.